The molecule has 0 spiro atoms. The van der Waals surface area contributed by atoms with Crippen LogP contribution in [0, 0.1) is 0 Å². The number of aryl methyl sites for hydroxylation is 1. The summed E-state index contributed by atoms with van der Waals surface area (Å²) in [5, 5.41) is 0. The second-order valence-corrected chi connectivity index (χ2v) is 8.98. The number of ether oxygens (including phenoxy) is 1. The zero-order chi connectivity index (χ0) is 14.8. The molecule has 1 aliphatic heterocycles. The second kappa shape index (κ2) is 7.07. The van der Waals surface area contributed by atoms with Crippen molar-refractivity contribution in [2.24, 2.45) is 0 Å². The average Bonchev–Trinajstić information content (AvgIpc) is 2.92. The number of rotatable bonds is 4. The van der Waals surface area contributed by atoms with E-state index in [-0.39, 0.29) is 4.83 Å². The smallest absolute Gasteiger partial charge is 0.124 e. The summed E-state index contributed by atoms with van der Waals surface area (Å²) >= 11 is 11.4. The van der Waals surface area contributed by atoms with E-state index in [1.165, 1.54) is 28.2 Å². The summed E-state index contributed by atoms with van der Waals surface area (Å²) in [4.78, 5) is 3.12. The van der Waals surface area contributed by atoms with Crippen LogP contribution in [-0.4, -0.2) is 12.4 Å². The van der Waals surface area contributed by atoms with E-state index in [0.29, 0.717) is 6.61 Å². The average molecular weight is 448 g/mol. The molecule has 1 aromatic carbocycles. The van der Waals surface area contributed by atoms with Crippen molar-refractivity contribution in [1.29, 1.82) is 0 Å². The standard InChI is InChI=1S/C16H16Br2OS2/c1-2-19-13-4-3-11(17)8-12(13)16(18)15-7-10-9-20-6-5-14(10)21-15/h3-4,7-8,16H,2,5-6,9H2,1H3. The van der Waals surface area contributed by atoms with Crippen LogP contribution < -0.4 is 4.74 Å². The lowest BCUT2D eigenvalue weighted by atomic mass is 10.1. The Morgan fingerprint density at radius 3 is 2.95 bits per heavy atom. The van der Waals surface area contributed by atoms with Gasteiger partial charge in [0.1, 0.15) is 5.75 Å². The van der Waals surface area contributed by atoms with Crippen molar-refractivity contribution in [2.75, 3.05) is 12.4 Å². The molecule has 0 saturated carbocycles. The molecule has 0 amide bonds. The van der Waals surface area contributed by atoms with Crippen molar-refractivity contribution < 1.29 is 4.74 Å². The van der Waals surface area contributed by atoms with Gasteiger partial charge < -0.3 is 4.74 Å². The van der Waals surface area contributed by atoms with E-state index in [4.69, 9.17) is 4.74 Å². The molecule has 112 valence electrons. The first-order valence-corrected chi connectivity index (χ1v) is 10.6. The highest BCUT2D eigenvalue weighted by Gasteiger charge is 2.21. The Kier molecular flexibility index (Phi) is 5.36. The van der Waals surface area contributed by atoms with E-state index in [1.807, 2.05) is 42.2 Å². The summed E-state index contributed by atoms with van der Waals surface area (Å²) in [5.74, 6) is 3.37. The molecule has 3 rings (SSSR count). The van der Waals surface area contributed by atoms with Gasteiger partial charge in [-0.1, -0.05) is 31.9 Å². The third-order valence-electron chi connectivity index (χ3n) is 3.44. The maximum atomic E-state index is 5.79. The predicted octanol–water partition coefficient (Wildman–Crippen LogP) is 6.18. The quantitative estimate of drug-likeness (QED) is 0.517. The van der Waals surface area contributed by atoms with Gasteiger partial charge in [-0.05, 0) is 48.9 Å². The monoisotopic (exact) mass is 446 g/mol. The van der Waals surface area contributed by atoms with Crippen LogP contribution >= 0.6 is 55.0 Å². The topological polar surface area (TPSA) is 9.23 Å². The fourth-order valence-corrected chi connectivity index (χ4v) is 5.98. The Balaban J connectivity index is 1.95. The van der Waals surface area contributed by atoms with Crippen LogP contribution in [0.3, 0.4) is 0 Å². The van der Waals surface area contributed by atoms with Crippen molar-refractivity contribution in [2.45, 2.75) is 23.9 Å². The summed E-state index contributed by atoms with van der Waals surface area (Å²) in [6.45, 7) is 2.71. The minimum Gasteiger partial charge on any atom is -0.494 e. The molecule has 0 N–H and O–H groups in total. The van der Waals surface area contributed by atoms with Crippen LogP contribution in [0.15, 0.2) is 28.7 Å². The third-order valence-corrected chi connectivity index (χ3v) is 7.53. The van der Waals surface area contributed by atoms with Gasteiger partial charge in [0.05, 0.1) is 11.4 Å². The molecule has 0 fully saturated rings. The highest BCUT2D eigenvalue weighted by molar-refractivity contribution is 9.10. The van der Waals surface area contributed by atoms with Crippen molar-refractivity contribution in [3.63, 3.8) is 0 Å². The van der Waals surface area contributed by atoms with Gasteiger partial charge in [0.15, 0.2) is 0 Å². The molecule has 1 nitrogen and oxygen atoms in total. The molecule has 0 aliphatic carbocycles. The molecule has 21 heavy (non-hydrogen) atoms. The van der Waals surface area contributed by atoms with E-state index in [0.717, 1.165) is 16.0 Å². The van der Waals surface area contributed by atoms with Gasteiger partial charge in [0, 0.05) is 25.5 Å². The minimum atomic E-state index is 0.192. The van der Waals surface area contributed by atoms with Crippen molar-refractivity contribution in [3.05, 3.63) is 49.6 Å². The van der Waals surface area contributed by atoms with Gasteiger partial charge in [0.2, 0.25) is 0 Å². The van der Waals surface area contributed by atoms with Crippen molar-refractivity contribution >= 4 is 55.0 Å². The molecule has 2 heterocycles. The van der Waals surface area contributed by atoms with E-state index in [2.05, 4.69) is 44.0 Å². The Morgan fingerprint density at radius 1 is 1.33 bits per heavy atom. The second-order valence-electron chi connectivity index (χ2n) is 4.88. The largest absolute Gasteiger partial charge is 0.494 e. The number of fused-ring (bicyclic) bond motifs is 1. The number of alkyl halides is 1. The number of hydrogen-bond acceptors (Lipinski definition) is 3. The van der Waals surface area contributed by atoms with Gasteiger partial charge in [-0.2, -0.15) is 11.8 Å². The Hall–Kier alpha value is 0.0300. The zero-order valence-corrected chi connectivity index (χ0v) is 16.5. The molecule has 1 atom stereocenters. The fourth-order valence-electron chi connectivity index (χ4n) is 2.45. The highest BCUT2D eigenvalue weighted by Crippen LogP contribution is 2.43. The molecule has 0 radical (unpaired) electrons. The van der Waals surface area contributed by atoms with Gasteiger partial charge in [0.25, 0.3) is 0 Å². The number of thiophene rings is 1. The number of benzene rings is 1. The molecule has 1 aromatic heterocycles. The molecule has 1 aliphatic rings. The summed E-state index contributed by atoms with van der Waals surface area (Å²) in [7, 11) is 0. The molecule has 5 heteroatoms. The van der Waals surface area contributed by atoms with Gasteiger partial charge >= 0.3 is 0 Å². The van der Waals surface area contributed by atoms with Crippen LogP contribution in [0.25, 0.3) is 0 Å². The van der Waals surface area contributed by atoms with Crippen LogP contribution in [0.1, 0.15) is 32.6 Å². The summed E-state index contributed by atoms with van der Waals surface area (Å²) in [6, 6.07) is 8.59. The summed E-state index contributed by atoms with van der Waals surface area (Å²) in [5.41, 5.74) is 2.71. The Morgan fingerprint density at radius 2 is 2.19 bits per heavy atom. The lowest BCUT2D eigenvalue weighted by Gasteiger charge is -2.14. The van der Waals surface area contributed by atoms with Gasteiger partial charge in [-0.3, -0.25) is 0 Å². The number of halogens is 2. The Labute approximate surface area is 150 Å². The lowest BCUT2D eigenvalue weighted by molar-refractivity contribution is 0.337. The molecule has 0 saturated heterocycles. The summed E-state index contributed by atoms with van der Waals surface area (Å²) < 4.78 is 6.87. The first-order chi connectivity index (χ1) is 10.2. The van der Waals surface area contributed by atoms with Gasteiger partial charge in [-0.15, -0.1) is 11.3 Å². The SMILES string of the molecule is CCOc1ccc(Br)cc1C(Br)c1cc2c(s1)CCSC2. The lowest BCUT2D eigenvalue weighted by Crippen LogP contribution is -1.99. The third kappa shape index (κ3) is 3.52. The van der Waals surface area contributed by atoms with Crippen molar-refractivity contribution in [3.8, 4) is 5.75 Å². The molecular formula is C16H16Br2OS2. The Bertz CT molecular complexity index is 616. The summed E-state index contributed by atoms with van der Waals surface area (Å²) in [6.07, 6.45) is 1.21. The van der Waals surface area contributed by atoms with Crippen LogP contribution in [0.2, 0.25) is 0 Å². The first kappa shape index (κ1) is 15.9. The molecular weight excluding hydrogens is 432 g/mol. The highest BCUT2D eigenvalue weighted by atomic mass is 79.9. The maximum absolute atomic E-state index is 5.79. The van der Waals surface area contributed by atoms with Crippen LogP contribution in [0.5, 0.6) is 5.75 Å². The fraction of sp³-hybridized carbons (Fsp3) is 0.375. The first-order valence-electron chi connectivity index (χ1n) is 6.94. The number of thioether (sulfide) groups is 1. The van der Waals surface area contributed by atoms with Crippen LogP contribution in [0.4, 0.5) is 0 Å². The van der Waals surface area contributed by atoms with E-state index in [9.17, 15) is 0 Å². The van der Waals surface area contributed by atoms with Gasteiger partial charge in [-0.25, -0.2) is 0 Å². The predicted molar refractivity (Wildman–Crippen MR) is 100 cm³/mol. The van der Waals surface area contributed by atoms with Crippen molar-refractivity contribution in [1.82, 2.24) is 0 Å². The minimum absolute atomic E-state index is 0.192. The molecule has 0 bridgehead atoms. The maximum Gasteiger partial charge on any atom is 0.124 e. The van der Waals surface area contributed by atoms with E-state index in [1.54, 1.807) is 4.88 Å². The molecule has 2 aromatic rings. The molecule has 1 unspecified atom stereocenters. The number of hydrogen-bond donors (Lipinski definition) is 0. The van der Waals surface area contributed by atoms with E-state index >= 15 is 0 Å². The van der Waals surface area contributed by atoms with Crippen LogP contribution in [-0.2, 0) is 12.2 Å². The van der Waals surface area contributed by atoms with E-state index < -0.39 is 0 Å². The normalized spacial score (nSPS) is 15.6. The zero-order valence-electron chi connectivity index (χ0n) is 11.7.